The first-order valence-corrected chi connectivity index (χ1v) is 3.87. The van der Waals surface area contributed by atoms with Crippen molar-refractivity contribution in [3.8, 4) is 0 Å². The Morgan fingerprint density at radius 3 is 2.60 bits per heavy atom. The lowest BCUT2D eigenvalue weighted by molar-refractivity contribution is -0.379. The van der Waals surface area contributed by atoms with E-state index >= 15 is 0 Å². The molecule has 0 bridgehead atoms. The summed E-state index contributed by atoms with van der Waals surface area (Å²) in [5, 5.41) is 0. The summed E-state index contributed by atoms with van der Waals surface area (Å²) in [5.74, 6) is 0.552. The second kappa shape index (κ2) is 4.94. The van der Waals surface area contributed by atoms with Crippen molar-refractivity contribution in [2.75, 3.05) is 0 Å². The van der Waals surface area contributed by atoms with Crippen LogP contribution in [0.3, 0.4) is 0 Å². The summed E-state index contributed by atoms with van der Waals surface area (Å²) < 4.78 is 1.03. The smallest absolute Gasteiger partial charge is 0.181 e. The van der Waals surface area contributed by atoms with E-state index in [9.17, 15) is 0 Å². The third kappa shape index (κ3) is 2.86. The van der Waals surface area contributed by atoms with Gasteiger partial charge in [-0.3, -0.25) is 0 Å². The Bertz CT molecular complexity index is 205. The molecule has 0 amide bonds. The predicted octanol–water partition coefficient (Wildman–Crippen LogP) is 2.42. The van der Waals surface area contributed by atoms with Gasteiger partial charge in [-0.25, -0.2) is 4.98 Å². The highest BCUT2D eigenvalue weighted by molar-refractivity contribution is 9.10. The van der Waals surface area contributed by atoms with Gasteiger partial charge in [0.2, 0.25) is 0 Å². The maximum Gasteiger partial charge on any atom is 0.181 e. The summed E-state index contributed by atoms with van der Waals surface area (Å²) in [6.07, 6.45) is 3.73. The van der Waals surface area contributed by atoms with Crippen molar-refractivity contribution in [1.29, 1.82) is 0 Å². The maximum atomic E-state index is 5.56. The van der Waals surface area contributed by atoms with Gasteiger partial charge in [0.15, 0.2) is 12.4 Å². The Labute approximate surface area is 79.3 Å². The van der Waals surface area contributed by atoms with Gasteiger partial charge in [-0.1, -0.05) is 0 Å². The first kappa shape index (κ1) is 10.2. The molecule has 0 aliphatic rings. The van der Waals surface area contributed by atoms with Crippen LogP contribution < -0.4 is 4.98 Å². The van der Waals surface area contributed by atoms with Crippen LogP contribution in [0.15, 0.2) is 22.9 Å². The molecule has 0 saturated heterocycles. The van der Waals surface area contributed by atoms with E-state index in [1.165, 1.54) is 0 Å². The van der Waals surface area contributed by atoms with E-state index in [0.29, 0.717) is 5.88 Å². The number of nitrogens with one attached hydrogen (secondary N) is 1. The van der Waals surface area contributed by atoms with Gasteiger partial charge < -0.3 is 0 Å². The first-order chi connectivity index (χ1) is 4.33. The summed E-state index contributed by atoms with van der Waals surface area (Å²) in [6.45, 7) is 0. The molecule has 0 atom stereocenters. The lowest BCUT2D eigenvalue weighted by Gasteiger charge is -1.87. The molecule has 0 aliphatic heterocycles. The standard InChI is InChI=1S/C6H5BrClN.ClH/c7-6-1-5(2-8)3-9-4-6;/h1,3-4H,2H2;1H/p+1. The Kier molecular flexibility index (Phi) is 5.04. The van der Waals surface area contributed by atoms with E-state index in [2.05, 4.69) is 20.9 Å². The van der Waals surface area contributed by atoms with E-state index < -0.39 is 0 Å². The fourth-order valence-electron chi connectivity index (χ4n) is 0.566. The molecular weight excluding hydrogens is 237 g/mol. The second-order valence-electron chi connectivity index (χ2n) is 1.69. The van der Waals surface area contributed by atoms with Crippen molar-refractivity contribution >= 4 is 39.9 Å². The highest BCUT2D eigenvalue weighted by Gasteiger charge is 1.94. The Balaban J connectivity index is 0.000000810. The zero-order valence-electron chi connectivity index (χ0n) is 5.10. The highest BCUT2D eigenvalue weighted by atomic mass is 79.9. The van der Waals surface area contributed by atoms with Gasteiger partial charge in [0.05, 0.1) is 10.4 Å². The summed E-state index contributed by atoms with van der Waals surface area (Å²) in [7, 11) is 0. The molecule has 1 nitrogen and oxygen atoms in total. The molecule has 56 valence electrons. The normalized spacial score (nSPS) is 8.60. The Hall–Kier alpha value is 0.210. The number of halogens is 3. The van der Waals surface area contributed by atoms with Crippen LogP contribution >= 0.6 is 39.9 Å². The largest absolute Gasteiger partial charge is 0.217 e. The maximum absolute atomic E-state index is 5.56. The zero-order valence-corrected chi connectivity index (χ0v) is 8.26. The molecule has 1 rings (SSSR count). The van der Waals surface area contributed by atoms with Gasteiger partial charge in [-0.05, 0) is 22.0 Å². The number of aromatic amines is 1. The second-order valence-corrected chi connectivity index (χ2v) is 2.88. The van der Waals surface area contributed by atoms with Crippen molar-refractivity contribution < 1.29 is 4.98 Å². The van der Waals surface area contributed by atoms with E-state index in [-0.39, 0.29) is 12.4 Å². The number of pyridine rings is 1. The highest BCUT2D eigenvalue weighted by Crippen LogP contribution is 2.08. The van der Waals surface area contributed by atoms with Gasteiger partial charge >= 0.3 is 0 Å². The summed E-state index contributed by atoms with van der Waals surface area (Å²) >= 11 is 8.87. The van der Waals surface area contributed by atoms with Crippen molar-refractivity contribution in [3.63, 3.8) is 0 Å². The zero-order chi connectivity index (χ0) is 6.69. The summed E-state index contributed by atoms with van der Waals surface area (Å²) in [4.78, 5) is 2.95. The van der Waals surface area contributed by atoms with E-state index in [1.807, 2.05) is 18.5 Å². The molecule has 10 heavy (non-hydrogen) atoms. The van der Waals surface area contributed by atoms with Gasteiger partial charge in [0, 0.05) is 5.56 Å². The molecule has 1 N–H and O–H groups in total. The molecule has 0 radical (unpaired) electrons. The third-order valence-corrected chi connectivity index (χ3v) is 1.73. The molecule has 0 saturated carbocycles. The number of hydrogen-bond acceptors (Lipinski definition) is 0. The SMILES string of the molecule is Cl.ClCc1c[nH+]cc(Br)c1. The number of H-pyrrole nitrogens is 1. The van der Waals surface area contributed by atoms with Crippen LogP contribution in [-0.4, -0.2) is 0 Å². The van der Waals surface area contributed by atoms with Crippen molar-refractivity contribution in [3.05, 3.63) is 28.5 Å². The molecule has 0 unspecified atom stereocenters. The van der Waals surface area contributed by atoms with Gasteiger partial charge in [-0.2, -0.15) is 0 Å². The Morgan fingerprint density at radius 1 is 1.50 bits per heavy atom. The minimum Gasteiger partial charge on any atom is -0.217 e. The number of rotatable bonds is 1. The summed E-state index contributed by atoms with van der Waals surface area (Å²) in [6, 6.07) is 1.98. The lowest BCUT2D eigenvalue weighted by atomic mass is 10.3. The van der Waals surface area contributed by atoms with Crippen LogP contribution in [-0.2, 0) is 5.88 Å². The Morgan fingerprint density at radius 2 is 2.20 bits per heavy atom. The fourth-order valence-corrected chi connectivity index (χ4v) is 1.15. The molecule has 0 aliphatic carbocycles. The van der Waals surface area contributed by atoms with Crippen molar-refractivity contribution in [1.82, 2.24) is 0 Å². The molecule has 1 aromatic rings. The topological polar surface area (TPSA) is 14.1 Å². The van der Waals surface area contributed by atoms with Gasteiger partial charge in [0.1, 0.15) is 0 Å². The van der Waals surface area contributed by atoms with Crippen LogP contribution in [0.25, 0.3) is 0 Å². The van der Waals surface area contributed by atoms with Crippen LogP contribution in [0, 0.1) is 0 Å². The minimum absolute atomic E-state index is 0. The quantitative estimate of drug-likeness (QED) is 0.673. The van der Waals surface area contributed by atoms with E-state index in [0.717, 1.165) is 10.0 Å². The molecule has 1 heterocycles. The first-order valence-electron chi connectivity index (χ1n) is 2.54. The third-order valence-electron chi connectivity index (χ3n) is 0.968. The summed E-state index contributed by atoms with van der Waals surface area (Å²) in [5.41, 5.74) is 1.09. The minimum atomic E-state index is 0. The molecular formula is C6H7BrCl2N+. The van der Waals surface area contributed by atoms with Crippen LogP contribution in [0.5, 0.6) is 0 Å². The van der Waals surface area contributed by atoms with Gasteiger partial charge in [-0.15, -0.1) is 24.0 Å². The van der Waals surface area contributed by atoms with E-state index in [1.54, 1.807) is 0 Å². The van der Waals surface area contributed by atoms with Crippen LogP contribution in [0.1, 0.15) is 5.56 Å². The monoisotopic (exact) mass is 242 g/mol. The van der Waals surface area contributed by atoms with Crippen LogP contribution in [0.4, 0.5) is 0 Å². The molecule has 4 heteroatoms. The average Bonchev–Trinajstić information content (AvgIpc) is 1.88. The molecule has 0 fully saturated rings. The van der Waals surface area contributed by atoms with Crippen molar-refractivity contribution in [2.24, 2.45) is 0 Å². The number of aromatic nitrogens is 1. The number of hydrogen-bond donors (Lipinski definition) is 0. The predicted molar refractivity (Wildman–Crippen MR) is 47.5 cm³/mol. The molecule has 0 aromatic carbocycles. The van der Waals surface area contributed by atoms with E-state index in [4.69, 9.17) is 11.6 Å². The lowest BCUT2D eigenvalue weighted by Crippen LogP contribution is -2.00. The number of alkyl halides is 1. The fraction of sp³-hybridized carbons (Fsp3) is 0.167. The molecule has 0 spiro atoms. The van der Waals surface area contributed by atoms with Gasteiger partial charge in [0.25, 0.3) is 0 Å². The van der Waals surface area contributed by atoms with Crippen LogP contribution in [0.2, 0.25) is 0 Å². The average molecular weight is 244 g/mol. The van der Waals surface area contributed by atoms with Crippen molar-refractivity contribution in [2.45, 2.75) is 5.88 Å². The molecule has 1 aromatic heterocycles.